The predicted octanol–water partition coefficient (Wildman–Crippen LogP) is 3.81. The molecule has 1 aromatic carbocycles. The van der Waals surface area contributed by atoms with Gasteiger partial charge < -0.3 is 14.6 Å². The predicted molar refractivity (Wildman–Crippen MR) is 93.9 cm³/mol. The monoisotopic (exact) mass is 342 g/mol. The Kier molecular flexibility index (Phi) is 5.00. The summed E-state index contributed by atoms with van der Waals surface area (Å²) in [6.45, 7) is 1.78. The van der Waals surface area contributed by atoms with E-state index in [1.807, 2.05) is 37.4 Å². The maximum absolute atomic E-state index is 9.57. The molecule has 0 radical (unpaired) electrons. The Bertz CT molecular complexity index is 809. The second kappa shape index (κ2) is 7.35. The number of rotatable bonds is 4. The lowest BCUT2D eigenvalue weighted by molar-refractivity contribution is -0.108. The molecule has 6 nitrogen and oxygen atoms in total. The summed E-state index contributed by atoms with van der Waals surface area (Å²) in [5, 5.41) is 7.86. The van der Waals surface area contributed by atoms with Crippen molar-refractivity contribution in [2.75, 3.05) is 12.4 Å². The molecule has 0 atom stereocenters. The zero-order chi connectivity index (χ0) is 16.9. The van der Waals surface area contributed by atoms with Crippen LogP contribution < -0.4 is 5.32 Å². The Morgan fingerprint density at radius 2 is 2.00 bits per heavy atom. The van der Waals surface area contributed by atoms with Gasteiger partial charge in [0.15, 0.2) is 5.13 Å². The molecule has 1 saturated carbocycles. The highest BCUT2D eigenvalue weighted by molar-refractivity contribution is 7.19. The molecule has 0 saturated heterocycles. The van der Waals surface area contributed by atoms with Gasteiger partial charge in [0.1, 0.15) is 11.2 Å². The molecule has 7 heteroatoms. The molecule has 1 aliphatic rings. The molecular formula is C17H18N4O2S. The standard InChI is InChI=1S/C13H12N4OS.C4H6O/c1-8-15-12(17-18-8)11-10(16-13(14-2)19-11)9-6-4-3-5-7-9;5-3-4-1-2-4/h3-7H,1-2H3,(H,14,16);3-4H,1-2H2. The van der Waals surface area contributed by atoms with Gasteiger partial charge in [-0.3, -0.25) is 0 Å². The van der Waals surface area contributed by atoms with E-state index in [1.165, 1.54) is 11.3 Å². The lowest BCUT2D eigenvalue weighted by Gasteiger charge is -1.97. The van der Waals surface area contributed by atoms with Gasteiger partial charge in [-0.1, -0.05) is 46.8 Å². The first kappa shape index (κ1) is 16.3. The van der Waals surface area contributed by atoms with Crippen LogP contribution in [0, 0.1) is 12.8 Å². The van der Waals surface area contributed by atoms with Crippen molar-refractivity contribution >= 4 is 22.8 Å². The van der Waals surface area contributed by atoms with Crippen LogP contribution in [0.2, 0.25) is 0 Å². The maximum Gasteiger partial charge on any atom is 0.223 e. The zero-order valence-corrected chi connectivity index (χ0v) is 14.3. The summed E-state index contributed by atoms with van der Waals surface area (Å²) < 4.78 is 5.05. The summed E-state index contributed by atoms with van der Waals surface area (Å²) in [7, 11) is 1.85. The van der Waals surface area contributed by atoms with Gasteiger partial charge in [0, 0.05) is 25.5 Å². The highest BCUT2D eigenvalue weighted by atomic mass is 32.1. The number of benzene rings is 1. The molecule has 0 unspecified atom stereocenters. The molecule has 3 aromatic rings. The number of carbonyl (C=O) groups is 1. The Balaban J connectivity index is 0.000000290. The molecule has 0 amide bonds. The number of nitrogens with zero attached hydrogens (tertiary/aromatic N) is 3. The molecule has 2 heterocycles. The largest absolute Gasteiger partial charge is 0.365 e. The topological polar surface area (TPSA) is 80.9 Å². The van der Waals surface area contributed by atoms with Crippen LogP contribution >= 0.6 is 11.3 Å². The van der Waals surface area contributed by atoms with Crippen molar-refractivity contribution in [3.63, 3.8) is 0 Å². The first-order valence-corrected chi connectivity index (χ1v) is 8.53. The van der Waals surface area contributed by atoms with Crippen molar-refractivity contribution in [3.8, 4) is 22.0 Å². The third-order valence-electron chi connectivity index (χ3n) is 3.43. The van der Waals surface area contributed by atoms with E-state index in [4.69, 9.17) is 4.52 Å². The Morgan fingerprint density at radius 3 is 2.50 bits per heavy atom. The van der Waals surface area contributed by atoms with Crippen LogP contribution in [0.3, 0.4) is 0 Å². The molecule has 124 valence electrons. The van der Waals surface area contributed by atoms with Gasteiger partial charge in [-0.2, -0.15) is 4.98 Å². The summed E-state index contributed by atoms with van der Waals surface area (Å²) in [5.74, 6) is 1.58. The third-order valence-corrected chi connectivity index (χ3v) is 4.50. The fourth-order valence-electron chi connectivity index (χ4n) is 1.99. The van der Waals surface area contributed by atoms with Crippen molar-refractivity contribution < 1.29 is 9.32 Å². The number of aldehydes is 1. The number of thiazole rings is 1. The summed E-state index contributed by atoms with van der Waals surface area (Å²) in [6, 6.07) is 9.99. The summed E-state index contributed by atoms with van der Waals surface area (Å²) in [6.07, 6.45) is 3.31. The van der Waals surface area contributed by atoms with Gasteiger partial charge in [-0.05, 0) is 12.8 Å². The summed E-state index contributed by atoms with van der Waals surface area (Å²) in [5.41, 5.74) is 1.91. The number of nitrogens with one attached hydrogen (secondary N) is 1. The highest BCUT2D eigenvalue weighted by Gasteiger charge is 2.19. The van der Waals surface area contributed by atoms with Gasteiger partial charge in [-0.15, -0.1) is 0 Å². The fraction of sp³-hybridized carbons (Fsp3) is 0.294. The van der Waals surface area contributed by atoms with E-state index in [9.17, 15) is 4.79 Å². The van der Waals surface area contributed by atoms with E-state index in [0.29, 0.717) is 17.6 Å². The summed E-state index contributed by atoms with van der Waals surface area (Å²) in [4.78, 5) is 19.3. The van der Waals surface area contributed by atoms with Crippen molar-refractivity contribution in [2.24, 2.45) is 5.92 Å². The number of hydrogen-bond acceptors (Lipinski definition) is 7. The van der Waals surface area contributed by atoms with Crippen LogP contribution in [0.15, 0.2) is 34.9 Å². The molecule has 2 aromatic heterocycles. The van der Waals surface area contributed by atoms with Gasteiger partial charge in [0.2, 0.25) is 11.7 Å². The average Bonchev–Trinajstić information content (AvgIpc) is 3.22. The van der Waals surface area contributed by atoms with Crippen molar-refractivity contribution in [2.45, 2.75) is 19.8 Å². The van der Waals surface area contributed by atoms with Crippen LogP contribution in [-0.4, -0.2) is 28.5 Å². The second-order valence-corrected chi connectivity index (χ2v) is 6.42. The molecule has 1 N–H and O–H groups in total. The van der Waals surface area contributed by atoms with E-state index in [0.717, 1.165) is 40.4 Å². The molecule has 1 aliphatic carbocycles. The number of aromatic nitrogens is 3. The SMILES string of the molecule is CNc1nc(-c2ccccc2)c(-c2noc(C)n2)s1.O=CC1CC1. The first-order valence-electron chi connectivity index (χ1n) is 7.71. The minimum absolute atomic E-state index is 0.454. The van der Waals surface area contributed by atoms with Crippen molar-refractivity contribution in [3.05, 3.63) is 36.2 Å². The van der Waals surface area contributed by atoms with E-state index < -0.39 is 0 Å². The third kappa shape index (κ3) is 3.86. The molecular weight excluding hydrogens is 324 g/mol. The summed E-state index contributed by atoms with van der Waals surface area (Å²) >= 11 is 1.51. The number of hydrogen-bond donors (Lipinski definition) is 1. The number of carbonyl (C=O) groups excluding carboxylic acids is 1. The highest BCUT2D eigenvalue weighted by Crippen LogP contribution is 2.37. The Morgan fingerprint density at radius 1 is 1.25 bits per heavy atom. The van der Waals surface area contributed by atoms with Crippen LogP contribution in [0.5, 0.6) is 0 Å². The zero-order valence-electron chi connectivity index (χ0n) is 13.5. The average molecular weight is 342 g/mol. The van der Waals surface area contributed by atoms with E-state index in [2.05, 4.69) is 20.4 Å². The smallest absolute Gasteiger partial charge is 0.223 e. The molecule has 0 bridgehead atoms. The minimum atomic E-state index is 0.454. The van der Waals surface area contributed by atoms with Gasteiger partial charge in [0.25, 0.3) is 0 Å². The van der Waals surface area contributed by atoms with Crippen molar-refractivity contribution in [1.82, 2.24) is 15.1 Å². The van der Waals surface area contributed by atoms with Gasteiger partial charge >= 0.3 is 0 Å². The molecule has 4 rings (SSSR count). The molecule has 0 spiro atoms. The lowest BCUT2D eigenvalue weighted by atomic mass is 10.1. The van der Waals surface area contributed by atoms with Gasteiger partial charge in [-0.25, -0.2) is 4.98 Å². The van der Waals surface area contributed by atoms with Crippen LogP contribution in [0.1, 0.15) is 18.7 Å². The number of anilines is 1. The normalized spacial score (nSPS) is 13.1. The van der Waals surface area contributed by atoms with Crippen molar-refractivity contribution in [1.29, 1.82) is 0 Å². The maximum atomic E-state index is 9.57. The Labute approximate surface area is 143 Å². The number of aryl methyl sites for hydroxylation is 1. The van der Waals surface area contributed by atoms with Crippen LogP contribution in [-0.2, 0) is 4.79 Å². The van der Waals surface area contributed by atoms with E-state index in [1.54, 1.807) is 6.92 Å². The first-order chi connectivity index (χ1) is 11.7. The molecule has 24 heavy (non-hydrogen) atoms. The minimum Gasteiger partial charge on any atom is -0.365 e. The second-order valence-electron chi connectivity index (χ2n) is 5.42. The van der Waals surface area contributed by atoms with E-state index in [-0.39, 0.29) is 0 Å². The molecule has 0 aliphatic heterocycles. The van der Waals surface area contributed by atoms with Crippen LogP contribution in [0.25, 0.3) is 22.0 Å². The lowest BCUT2D eigenvalue weighted by Crippen LogP contribution is -1.86. The molecule has 1 fully saturated rings. The van der Waals surface area contributed by atoms with E-state index >= 15 is 0 Å². The fourth-order valence-corrected chi connectivity index (χ4v) is 2.86. The van der Waals surface area contributed by atoms with Gasteiger partial charge in [0.05, 0.1) is 5.69 Å². The quantitative estimate of drug-likeness (QED) is 0.726. The van der Waals surface area contributed by atoms with Crippen LogP contribution in [0.4, 0.5) is 5.13 Å². The Hall–Kier alpha value is -2.54.